The number of hydrogen-bond acceptors (Lipinski definition) is 4. The fourth-order valence-electron chi connectivity index (χ4n) is 1.62. The van der Waals surface area contributed by atoms with Crippen LogP contribution < -0.4 is 5.32 Å². The second-order valence-corrected chi connectivity index (χ2v) is 4.80. The van der Waals surface area contributed by atoms with E-state index in [-0.39, 0.29) is 5.56 Å². The van der Waals surface area contributed by atoms with Crippen LogP contribution in [0.15, 0.2) is 41.3 Å². The van der Waals surface area contributed by atoms with Crippen LogP contribution in [0.5, 0.6) is 0 Å². The number of carbonyl (C=O) groups is 1. The van der Waals surface area contributed by atoms with Gasteiger partial charge < -0.3 is 10.4 Å². The molecule has 0 amide bonds. The highest BCUT2D eigenvalue weighted by Crippen LogP contribution is 2.18. The third-order valence-electron chi connectivity index (χ3n) is 2.54. The number of halogens is 1. The fraction of sp³-hybridized carbons (Fsp3) is 0.154. The van der Waals surface area contributed by atoms with Crippen LogP contribution in [-0.2, 0) is 6.42 Å². The lowest BCUT2D eigenvalue weighted by atomic mass is 10.2. The molecule has 0 bridgehead atoms. The summed E-state index contributed by atoms with van der Waals surface area (Å²) in [6.07, 6.45) is 5.81. The standard InChI is InChI=1S/C13H12BrN3O2/c14-10-7-11(13(18)19)12(17-8-10)16-6-3-9-1-4-15-5-2-9/h1-2,4-5,7-8H,3,6H2,(H,16,17)(H,18,19). The van der Waals surface area contributed by atoms with Crippen molar-refractivity contribution in [2.75, 3.05) is 11.9 Å². The van der Waals surface area contributed by atoms with Gasteiger partial charge in [0.05, 0.1) is 0 Å². The number of aromatic carboxylic acids is 1. The van der Waals surface area contributed by atoms with Gasteiger partial charge in [-0.1, -0.05) is 0 Å². The van der Waals surface area contributed by atoms with E-state index >= 15 is 0 Å². The molecule has 2 aromatic rings. The van der Waals surface area contributed by atoms with Crippen molar-refractivity contribution in [2.45, 2.75) is 6.42 Å². The van der Waals surface area contributed by atoms with Crippen molar-refractivity contribution < 1.29 is 9.90 Å². The number of carboxylic acid groups (broad SMARTS) is 1. The van der Waals surface area contributed by atoms with E-state index in [4.69, 9.17) is 5.11 Å². The van der Waals surface area contributed by atoms with Crippen molar-refractivity contribution in [1.82, 2.24) is 9.97 Å². The molecule has 2 rings (SSSR count). The van der Waals surface area contributed by atoms with Gasteiger partial charge in [-0.15, -0.1) is 0 Å². The Morgan fingerprint density at radius 3 is 2.79 bits per heavy atom. The first-order valence-corrected chi connectivity index (χ1v) is 6.48. The summed E-state index contributed by atoms with van der Waals surface area (Å²) in [5.74, 6) is -0.620. The molecule has 2 aromatic heterocycles. The molecule has 98 valence electrons. The van der Waals surface area contributed by atoms with Crippen molar-refractivity contribution >= 4 is 27.7 Å². The van der Waals surface area contributed by atoms with Crippen LogP contribution in [0.2, 0.25) is 0 Å². The van der Waals surface area contributed by atoms with Crippen molar-refractivity contribution in [3.05, 3.63) is 52.4 Å². The van der Waals surface area contributed by atoms with E-state index in [1.807, 2.05) is 12.1 Å². The van der Waals surface area contributed by atoms with E-state index in [0.29, 0.717) is 16.8 Å². The Kier molecular flexibility index (Phi) is 4.46. The quantitative estimate of drug-likeness (QED) is 0.885. The average Bonchev–Trinajstić information content (AvgIpc) is 2.41. The molecule has 2 N–H and O–H groups in total. The number of aromatic nitrogens is 2. The molecule has 0 atom stereocenters. The van der Waals surface area contributed by atoms with Gasteiger partial charge >= 0.3 is 5.97 Å². The van der Waals surface area contributed by atoms with Gasteiger partial charge in [-0.25, -0.2) is 9.78 Å². The van der Waals surface area contributed by atoms with Gasteiger partial charge in [-0.3, -0.25) is 4.98 Å². The minimum Gasteiger partial charge on any atom is -0.478 e. The zero-order chi connectivity index (χ0) is 13.7. The topological polar surface area (TPSA) is 75.1 Å². The molecular weight excluding hydrogens is 310 g/mol. The molecule has 0 spiro atoms. The molecule has 0 aromatic carbocycles. The lowest BCUT2D eigenvalue weighted by Gasteiger charge is -2.08. The van der Waals surface area contributed by atoms with Gasteiger partial charge in [0.15, 0.2) is 0 Å². The third-order valence-corrected chi connectivity index (χ3v) is 2.97. The fourth-order valence-corrected chi connectivity index (χ4v) is 1.95. The molecule has 0 aliphatic rings. The molecule has 6 heteroatoms. The van der Waals surface area contributed by atoms with E-state index in [9.17, 15) is 4.79 Å². The number of pyridine rings is 2. The van der Waals surface area contributed by atoms with Crippen LogP contribution >= 0.6 is 15.9 Å². The predicted octanol–water partition coefficient (Wildman–Crippen LogP) is 2.59. The van der Waals surface area contributed by atoms with Gasteiger partial charge in [-0.2, -0.15) is 0 Å². The number of anilines is 1. The first-order valence-electron chi connectivity index (χ1n) is 5.68. The minimum absolute atomic E-state index is 0.157. The lowest BCUT2D eigenvalue weighted by molar-refractivity contribution is 0.0697. The van der Waals surface area contributed by atoms with Crippen LogP contribution in [0.1, 0.15) is 15.9 Å². The normalized spacial score (nSPS) is 10.2. The average molecular weight is 322 g/mol. The van der Waals surface area contributed by atoms with Crippen molar-refractivity contribution in [3.63, 3.8) is 0 Å². The summed E-state index contributed by atoms with van der Waals surface area (Å²) in [6.45, 7) is 0.610. The van der Waals surface area contributed by atoms with E-state index in [0.717, 1.165) is 12.0 Å². The Balaban J connectivity index is 2.02. The van der Waals surface area contributed by atoms with E-state index in [1.165, 1.54) is 6.07 Å². The Morgan fingerprint density at radius 1 is 1.37 bits per heavy atom. The highest BCUT2D eigenvalue weighted by atomic mass is 79.9. The SMILES string of the molecule is O=C(O)c1cc(Br)cnc1NCCc1ccncc1. The maximum Gasteiger partial charge on any atom is 0.339 e. The smallest absolute Gasteiger partial charge is 0.339 e. The second-order valence-electron chi connectivity index (χ2n) is 3.89. The van der Waals surface area contributed by atoms with Crippen LogP contribution in [0.25, 0.3) is 0 Å². The van der Waals surface area contributed by atoms with Crippen LogP contribution in [-0.4, -0.2) is 27.6 Å². The molecule has 0 saturated heterocycles. The molecule has 0 unspecified atom stereocenters. The number of carboxylic acids is 1. The monoisotopic (exact) mass is 321 g/mol. The van der Waals surface area contributed by atoms with E-state index < -0.39 is 5.97 Å². The summed E-state index contributed by atoms with van der Waals surface area (Å²) in [4.78, 5) is 19.1. The van der Waals surface area contributed by atoms with E-state index in [2.05, 4.69) is 31.2 Å². The first-order chi connectivity index (χ1) is 9.16. The minimum atomic E-state index is -1.000. The summed E-state index contributed by atoms with van der Waals surface area (Å²) in [7, 11) is 0. The highest BCUT2D eigenvalue weighted by Gasteiger charge is 2.11. The van der Waals surface area contributed by atoms with Gasteiger partial charge in [0.1, 0.15) is 11.4 Å². The van der Waals surface area contributed by atoms with Crippen molar-refractivity contribution in [3.8, 4) is 0 Å². The largest absolute Gasteiger partial charge is 0.478 e. The Hall–Kier alpha value is -1.95. The second kappa shape index (κ2) is 6.29. The third kappa shape index (κ3) is 3.75. The Bertz CT molecular complexity index is 575. The Labute approximate surface area is 118 Å². The Morgan fingerprint density at radius 2 is 2.11 bits per heavy atom. The van der Waals surface area contributed by atoms with Crippen molar-refractivity contribution in [2.24, 2.45) is 0 Å². The lowest BCUT2D eigenvalue weighted by Crippen LogP contribution is -2.11. The van der Waals surface area contributed by atoms with Crippen LogP contribution in [0.3, 0.4) is 0 Å². The predicted molar refractivity (Wildman–Crippen MR) is 75.3 cm³/mol. The zero-order valence-electron chi connectivity index (χ0n) is 10.0. The van der Waals surface area contributed by atoms with Gasteiger partial charge in [0, 0.05) is 29.6 Å². The molecule has 5 nitrogen and oxygen atoms in total. The summed E-state index contributed by atoms with van der Waals surface area (Å²) >= 11 is 3.21. The maximum atomic E-state index is 11.1. The maximum absolute atomic E-state index is 11.1. The summed E-state index contributed by atoms with van der Waals surface area (Å²) in [5, 5.41) is 12.1. The molecule has 0 fully saturated rings. The molecule has 0 aliphatic heterocycles. The van der Waals surface area contributed by atoms with E-state index in [1.54, 1.807) is 18.6 Å². The highest BCUT2D eigenvalue weighted by molar-refractivity contribution is 9.10. The van der Waals surface area contributed by atoms with Gasteiger partial charge in [0.2, 0.25) is 0 Å². The molecular formula is C13H12BrN3O2. The number of nitrogens with one attached hydrogen (secondary N) is 1. The number of hydrogen-bond donors (Lipinski definition) is 2. The van der Waals surface area contributed by atoms with Crippen molar-refractivity contribution in [1.29, 1.82) is 0 Å². The summed E-state index contributed by atoms with van der Waals surface area (Å²) < 4.78 is 0.643. The summed E-state index contributed by atoms with van der Waals surface area (Å²) in [5.41, 5.74) is 1.29. The first kappa shape index (κ1) is 13.5. The molecule has 0 radical (unpaired) electrons. The molecule has 2 heterocycles. The van der Waals surface area contributed by atoms with Gasteiger partial charge in [0.25, 0.3) is 0 Å². The summed E-state index contributed by atoms with van der Waals surface area (Å²) in [6, 6.07) is 5.38. The van der Waals surface area contributed by atoms with Crippen LogP contribution in [0, 0.1) is 0 Å². The van der Waals surface area contributed by atoms with Crippen LogP contribution in [0.4, 0.5) is 5.82 Å². The van der Waals surface area contributed by atoms with Gasteiger partial charge in [-0.05, 0) is 46.1 Å². The molecule has 0 aliphatic carbocycles. The zero-order valence-corrected chi connectivity index (χ0v) is 11.6. The molecule has 0 saturated carbocycles. The molecule has 19 heavy (non-hydrogen) atoms. The number of nitrogens with zero attached hydrogens (tertiary/aromatic N) is 2. The number of rotatable bonds is 5.